The molecule has 0 radical (unpaired) electrons. The Balaban J connectivity index is 2.34. The standard InChI is InChI=1S/C7H6ClN7OS/c8-4-13-5(10)15-7(14-4)17-6-11-2(9)1-3(16)12-6/h1H,(H3,9,11,12,16)(H2,10,13,14,15). The van der Waals surface area contributed by atoms with Crippen molar-refractivity contribution in [1.29, 1.82) is 0 Å². The van der Waals surface area contributed by atoms with Gasteiger partial charge < -0.3 is 16.5 Å². The molecule has 0 aliphatic rings. The fourth-order valence-corrected chi connectivity index (χ4v) is 1.94. The molecule has 0 atom stereocenters. The lowest BCUT2D eigenvalue weighted by Crippen LogP contribution is -2.09. The molecular weight excluding hydrogens is 266 g/mol. The number of rotatable bonds is 2. The van der Waals surface area contributed by atoms with E-state index in [4.69, 9.17) is 23.1 Å². The molecule has 5 N–H and O–H groups in total. The largest absolute Gasteiger partial charge is 0.383 e. The third-order valence-corrected chi connectivity index (χ3v) is 2.45. The van der Waals surface area contributed by atoms with E-state index in [0.29, 0.717) is 0 Å². The number of anilines is 2. The molecule has 0 saturated carbocycles. The highest BCUT2D eigenvalue weighted by Gasteiger charge is 2.07. The molecule has 88 valence electrons. The number of aromatic nitrogens is 5. The van der Waals surface area contributed by atoms with Crippen LogP contribution in [-0.4, -0.2) is 24.9 Å². The van der Waals surface area contributed by atoms with Crippen LogP contribution in [0, 0.1) is 0 Å². The third kappa shape index (κ3) is 3.04. The Kier molecular flexibility index (Phi) is 3.11. The fourth-order valence-electron chi connectivity index (χ4n) is 0.980. The van der Waals surface area contributed by atoms with E-state index in [2.05, 4.69) is 24.9 Å². The van der Waals surface area contributed by atoms with Crippen molar-refractivity contribution < 1.29 is 0 Å². The maximum atomic E-state index is 11.1. The van der Waals surface area contributed by atoms with Gasteiger partial charge in [0.2, 0.25) is 16.4 Å². The third-order valence-electron chi connectivity index (χ3n) is 1.53. The van der Waals surface area contributed by atoms with Crippen LogP contribution in [0.3, 0.4) is 0 Å². The van der Waals surface area contributed by atoms with Crippen molar-refractivity contribution in [3.05, 3.63) is 21.7 Å². The van der Waals surface area contributed by atoms with Gasteiger partial charge >= 0.3 is 0 Å². The van der Waals surface area contributed by atoms with Crippen LogP contribution in [0.15, 0.2) is 21.2 Å². The van der Waals surface area contributed by atoms with Gasteiger partial charge in [0.1, 0.15) is 5.82 Å². The minimum atomic E-state index is -0.367. The van der Waals surface area contributed by atoms with Gasteiger partial charge in [-0.1, -0.05) is 0 Å². The summed E-state index contributed by atoms with van der Waals surface area (Å²) in [6.07, 6.45) is 0. The highest BCUT2D eigenvalue weighted by atomic mass is 35.5. The minimum absolute atomic E-state index is 0.0150. The Bertz CT molecular complexity index is 595. The van der Waals surface area contributed by atoms with Crippen LogP contribution in [0.1, 0.15) is 0 Å². The molecule has 2 aromatic heterocycles. The molecule has 0 amide bonds. The summed E-state index contributed by atoms with van der Waals surface area (Å²) in [7, 11) is 0. The van der Waals surface area contributed by atoms with Crippen LogP contribution in [0.25, 0.3) is 0 Å². The second-order valence-electron chi connectivity index (χ2n) is 2.82. The fraction of sp³-hybridized carbons (Fsp3) is 0. The molecule has 0 bridgehead atoms. The number of nitrogens with zero attached hydrogens (tertiary/aromatic N) is 4. The SMILES string of the molecule is Nc1cc(=O)[nH]c(Sc2nc(N)nc(Cl)n2)n1. The van der Waals surface area contributed by atoms with E-state index >= 15 is 0 Å². The number of nitrogens with one attached hydrogen (secondary N) is 1. The van der Waals surface area contributed by atoms with Crippen molar-refractivity contribution in [2.24, 2.45) is 0 Å². The van der Waals surface area contributed by atoms with Crippen LogP contribution >= 0.6 is 23.4 Å². The lowest BCUT2D eigenvalue weighted by molar-refractivity contribution is 0.893. The van der Waals surface area contributed by atoms with Crippen LogP contribution in [0.5, 0.6) is 0 Å². The molecule has 0 aliphatic heterocycles. The second-order valence-corrected chi connectivity index (χ2v) is 4.12. The molecule has 0 fully saturated rings. The monoisotopic (exact) mass is 271 g/mol. The topological polar surface area (TPSA) is 136 Å². The zero-order chi connectivity index (χ0) is 12.4. The van der Waals surface area contributed by atoms with Crippen molar-refractivity contribution in [3.8, 4) is 0 Å². The predicted octanol–water partition coefficient (Wildman–Crippen LogP) is -0.0761. The number of hydrogen-bond donors (Lipinski definition) is 3. The number of hydrogen-bond acceptors (Lipinski definition) is 8. The van der Waals surface area contributed by atoms with E-state index in [0.717, 1.165) is 11.8 Å². The van der Waals surface area contributed by atoms with Gasteiger partial charge in [-0.15, -0.1) is 0 Å². The van der Waals surface area contributed by atoms with Crippen LogP contribution < -0.4 is 17.0 Å². The van der Waals surface area contributed by atoms with Crippen molar-refractivity contribution in [2.75, 3.05) is 11.5 Å². The maximum Gasteiger partial charge on any atom is 0.253 e. The molecule has 10 heteroatoms. The first kappa shape index (κ1) is 11.6. The summed E-state index contributed by atoms with van der Waals surface area (Å²) in [5.74, 6) is 0.0862. The van der Waals surface area contributed by atoms with Gasteiger partial charge in [0.15, 0.2) is 5.16 Å². The Labute approximate surface area is 104 Å². The Hall–Kier alpha value is -1.87. The first-order valence-corrected chi connectivity index (χ1v) is 5.44. The van der Waals surface area contributed by atoms with E-state index in [1.54, 1.807) is 0 Å². The number of nitrogen functional groups attached to an aromatic ring is 2. The quantitative estimate of drug-likeness (QED) is 0.645. The first-order chi connectivity index (χ1) is 8.02. The van der Waals surface area contributed by atoms with E-state index in [-0.39, 0.29) is 32.9 Å². The van der Waals surface area contributed by atoms with Gasteiger partial charge in [0, 0.05) is 6.07 Å². The number of halogens is 1. The summed E-state index contributed by atoms with van der Waals surface area (Å²) in [6.45, 7) is 0. The Morgan fingerprint density at radius 1 is 1.24 bits per heavy atom. The van der Waals surface area contributed by atoms with Crippen molar-refractivity contribution in [2.45, 2.75) is 10.3 Å². The summed E-state index contributed by atoms with van der Waals surface area (Å²) < 4.78 is 0. The molecule has 0 spiro atoms. The van der Waals surface area contributed by atoms with E-state index in [1.807, 2.05) is 0 Å². The summed E-state index contributed by atoms with van der Waals surface area (Å²) >= 11 is 6.58. The lowest BCUT2D eigenvalue weighted by atomic mass is 10.6. The molecule has 2 rings (SSSR count). The maximum absolute atomic E-state index is 11.1. The average Bonchev–Trinajstić information content (AvgIpc) is 2.13. The molecule has 0 aromatic carbocycles. The molecular formula is C7H6ClN7OS. The highest BCUT2D eigenvalue weighted by Crippen LogP contribution is 2.21. The summed E-state index contributed by atoms with van der Waals surface area (Å²) in [4.78, 5) is 28.7. The minimum Gasteiger partial charge on any atom is -0.383 e. The lowest BCUT2D eigenvalue weighted by Gasteiger charge is -2.00. The van der Waals surface area contributed by atoms with Gasteiger partial charge in [-0.2, -0.15) is 15.0 Å². The van der Waals surface area contributed by atoms with Gasteiger partial charge in [-0.05, 0) is 23.4 Å². The van der Waals surface area contributed by atoms with Gasteiger partial charge in [0.25, 0.3) is 5.56 Å². The summed E-state index contributed by atoms with van der Waals surface area (Å²) in [6, 6.07) is 1.17. The molecule has 0 saturated heterocycles. The van der Waals surface area contributed by atoms with E-state index in [9.17, 15) is 4.79 Å². The van der Waals surface area contributed by atoms with Crippen molar-refractivity contribution in [3.63, 3.8) is 0 Å². The average molecular weight is 272 g/mol. The Morgan fingerprint density at radius 3 is 2.65 bits per heavy atom. The molecule has 17 heavy (non-hydrogen) atoms. The van der Waals surface area contributed by atoms with E-state index in [1.165, 1.54) is 6.07 Å². The molecule has 8 nitrogen and oxygen atoms in total. The molecule has 0 unspecified atom stereocenters. The van der Waals surface area contributed by atoms with Crippen LogP contribution in [-0.2, 0) is 0 Å². The number of nitrogens with two attached hydrogens (primary N) is 2. The van der Waals surface area contributed by atoms with Crippen molar-refractivity contribution >= 4 is 35.1 Å². The van der Waals surface area contributed by atoms with Crippen molar-refractivity contribution in [1.82, 2.24) is 24.9 Å². The summed E-state index contributed by atoms with van der Waals surface area (Å²) in [5, 5.41) is 0.430. The van der Waals surface area contributed by atoms with Gasteiger partial charge in [-0.3, -0.25) is 4.79 Å². The molecule has 2 heterocycles. The van der Waals surface area contributed by atoms with Gasteiger partial charge in [-0.25, -0.2) is 4.98 Å². The number of H-pyrrole nitrogens is 1. The number of aromatic amines is 1. The summed E-state index contributed by atoms with van der Waals surface area (Å²) in [5.41, 5.74) is 10.5. The van der Waals surface area contributed by atoms with Crippen LogP contribution in [0.4, 0.5) is 11.8 Å². The first-order valence-electron chi connectivity index (χ1n) is 4.24. The normalized spacial score (nSPS) is 10.4. The second kappa shape index (κ2) is 4.55. The van der Waals surface area contributed by atoms with Crippen LogP contribution in [0.2, 0.25) is 5.28 Å². The highest BCUT2D eigenvalue weighted by molar-refractivity contribution is 7.99. The smallest absolute Gasteiger partial charge is 0.253 e. The predicted molar refractivity (Wildman–Crippen MR) is 62.6 cm³/mol. The Morgan fingerprint density at radius 2 is 2.00 bits per heavy atom. The molecule has 2 aromatic rings. The van der Waals surface area contributed by atoms with Gasteiger partial charge in [0.05, 0.1) is 0 Å². The zero-order valence-corrected chi connectivity index (χ0v) is 9.79. The zero-order valence-electron chi connectivity index (χ0n) is 8.22. The van der Waals surface area contributed by atoms with E-state index < -0.39 is 0 Å². The molecule has 0 aliphatic carbocycles.